The number of halogens is 1. The van der Waals surface area contributed by atoms with Gasteiger partial charge in [-0.3, -0.25) is 4.99 Å². The van der Waals surface area contributed by atoms with Gasteiger partial charge in [-0.1, -0.05) is 12.8 Å². The molecule has 2 aliphatic heterocycles. The zero-order valence-corrected chi connectivity index (χ0v) is 15.6. The molecule has 1 unspecified atom stereocenters. The van der Waals surface area contributed by atoms with Gasteiger partial charge in [0.1, 0.15) is 0 Å². The minimum Gasteiger partial charge on any atom is -0.381 e. The highest BCUT2D eigenvalue weighted by Crippen LogP contribution is 2.38. The van der Waals surface area contributed by atoms with E-state index in [2.05, 4.69) is 17.1 Å². The highest BCUT2D eigenvalue weighted by Gasteiger charge is 2.42. The molecule has 0 aromatic heterocycles. The second-order valence-electron chi connectivity index (χ2n) is 6.80. The maximum atomic E-state index is 5.62. The van der Waals surface area contributed by atoms with Gasteiger partial charge in [-0.05, 0) is 38.5 Å². The summed E-state index contributed by atoms with van der Waals surface area (Å²) in [5.74, 6) is 2.16. The molecule has 0 aromatic carbocycles. The van der Waals surface area contributed by atoms with E-state index in [1.807, 2.05) is 0 Å². The lowest BCUT2D eigenvalue weighted by Gasteiger charge is -2.25. The second kappa shape index (κ2) is 7.99. The van der Waals surface area contributed by atoms with Crippen LogP contribution in [0.2, 0.25) is 0 Å². The quantitative estimate of drug-likeness (QED) is 0.330. The predicted molar refractivity (Wildman–Crippen MR) is 97.4 cm³/mol. The standard InChI is InChI=1S/C16H29N3O.HI/c1-2-17-15(18-9-3-4-14-5-6-14)19-10-7-16(12-19)8-11-20-13-16;/h14H,2-13H2,1H3,(H,17,18);1H. The van der Waals surface area contributed by atoms with E-state index in [9.17, 15) is 0 Å². The Labute approximate surface area is 146 Å². The van der Waals surface area contributed by atoms with Crippen molar-refractivity contribution >= 4 is 29.9 Å². The first kappa shape index (κ1) is 17.3. The summed E-state index contributed by atoms with van der Waals surface area (Å²) in [5, 5.41) is 3.47. The van der Waals surface area contributed by atoms with Crippen LogP contribution in [-0.2, 0) is 4.74 Å². The molecule has 0 radical (unpaired) electrons. The minimum atomic E-state index is 0. The molecule has 1 aliphatic carbocycles. The van der Waals surface area contributed by atoms with Crippen LogP contribution in [-0.4, -0.2) is 50.3 Å². The van der Waals surface area contributed by atoms with Crippen molar-refractivity contribution in [2.45, 2.75) is 45.4 Å². The van der Waals surface area contributed by atoms with E-state index in [1.54, 1.807) is 0 Å². The number of hydrogen-bond acceptors (Lipinski definition) is 2. The Bertz CT molecular complexity index is 351. The molecule has 0 amide bonds. The van der Waals surface area contributed by atoms with Gasteiger partial charge in [0.05, 0.1) is 6.61 Å². The third-order valence-electron chi connectivity index (χ3n) is 4.99. The first-order valence-electron chi connectivity index (χ1n) is 8.42. The van der Waals surface area contributed by atoms with Crippen LogP contribution >= 0.6 is 24.0 Å². The molecule has 3 aliphatic rings. The summed E-state index contributed by atoms with van der Waals surface area (Å²) >= 11 is 0. The molecule has 2 saturated heterocycles. The van der Waals surface area contributed by atoms with E-state index < -0.39 is 0 Å². The smallest absolute Gasteiger partial charge is 0.193 e. The summed E-state index contributed by atoms with van der Waals surface area (Å²) in [6, 6.07) is 0. The van der Waals surface area contributed by atoms with E-state index in [-0.39, 0.29) is 24.0 Å². The van der Waals surface area contributed by atoms with E-state index in [0.717, 1.165) is 51.3 Å². The Kier molecular flexibility index (Phi) is 6.59. The van der Waals surface area contributed by atoms with Crippen molar-refractivity contribution in [3.05, 3.63) is 0 Å². The molecule has 1 N–H and O–H groups in total. The summed E-state index contributed by atoms with van der Waals surface area (Å²) < 4.78 is 5.62. The second-order valence-corrected chi connectivity index (χ2v) is 6.80. The van der Waals surface area contributed by atoms with Crippen LogP contribution in [0.25, 0.3) is 0 Å². The van der Waals surface area contributed by atoms with Gasteiger partial charge in [0.25, 0.3) is 0 Å². The molecular weight excluding hydrogens is 377 g/mol. The van der Waals surface area contributed by atoms with Crippen molar-refractivity contribution in [3.63, 3.8) is 0 Å². The molecule has 122 valence electrons. The van der Waals surface area contributed by atoms with Gasteiger partial charge in [-0.2, -0.15) is 0 Å². The number of guanidine groups is 1. The predicted octanol–water partition coefficient (Wildman–Crippen LogP) is 2.87. The number of nitrogens with one attached hydrogen (secondary N) is 1. The van der Waals surface area contributed by atoms with Crippen LogP contribution in [0.1, 0.15) is 45.4 Å². The average Bonchev–Trinajstić information content (AvgIpc) is 3.02. The molecule has 3 rings (SSSR count). The SMILES string of the molecule is CCNC(=NCCCC1CC1)N1CCC2(CCOC2)C1.I. The molecule has 1 atom stereocenters. The van der Waals surface area contributed by atoms with Crippen LogP contribution < -0.4 is 5.32 Å². The minimum absolute atomic E-state index is 0. The van der Waals surface area contributed by atoms with E-state index in [4.69, 9.17) is 9.73 Å². The van der Waals surface area contributed by atoms with Crippen molar-refractivity contribution in [2.75, 3.05) is 39.4 Å². The molecule has 0 bridgehead atoms. The van der Waals surface area contributed by atoms with Crippen molar-refractivity contribution < 1.29 is 4.74 Å². The summed E-state index contributed by atoms with van der Waals surface area (Å²) in [4.78, 5) is 7.29. The Balaban J connectivity index is 0.00000161. The Morgan fingerprint density at radius 1 is 1.38 bits per heavy atom. The van der Waals surface area contributed by atoms with Gasteiger partial charge in [-0.25, -0.2) is 0 Å². The van der Waals surface area contributed by atoms with Crippen LogP contribution in [0.3, 0.4) is 0 Å². The largest absolute Gasteiger partial charge is 0.381 e. The number of nitrogens with zero attached hydrogens (tertiary/aromatic N) is 2. The molecule has 1 saturated carbocycles. The van der Waals surface area contributed by atoms with Crippen molar-refractivity contribution in [2.24, 2.45) is 16.3 Å². The highest BCUT2D eigenvalue weighted by atomic mass is 127. The first-order chi connectivity index (χ1) is 9.81. The fourth-order valence-corrected chi connectivity index (χ4v) is 3.48. The van der Waals surface area contributed by atoms with Gasteiger partial charge < -0.3 is 15.0 Å². The maximum Gasteiger partial charge on any atom is 0.193 e. The third-order valence-corrected chi connectivity index (χ3v) is 4.99. The number of hydrogen-bond donors (Lipinski definition) is 1. The monoisotopic (exact) mass is 407 g/mol. The zero-order valence-electron chi connectivity index (χ0n) is 13.3. The van der Waals surface area contributed by atoms with Gasteiger partial charge in [0.2, 0.25) is 0 Å². The maximum absolute atomic E-state index is 5.62. The average molecular weight is 407 g/mol. The van der Waals surface area contributed by atoms with E-state index in [0.29, 0.717) is 5.41 Å². The zero-order chi connectivity index (χ0) is 13.8. The number of aliphatic imine (C=N–C) groups is 1. The molecule has 1 spiro atoms. The molecule has 5 heteroatoms. The molecule has 4 nitrogen and oxygen atoms in total. The van der Waals surface area contributed by atoms with Crippen molar-refractivity contribution in [1.29, 1.82) is 0 Å². The fourth-order valence-electron chi connectivity index (χ4n) is 3.48. The number of ether oxygens (including phenoxy) is 1. The topological polar surface area (TPSA) is 36.9 Å². The molecule has 0 aromatic rings. The van der Waals surface area contributed by atoms with Gasteiger partial charge >= 0.3 is 0 Å². The van der Waals surface area contributed by atoms with Crippen LogP contribution in [0.5, 0.6) is 0 Å². The lowest BCUT2D eigenvalue weighted by molar-refractivity contribution is 0.156. The Hall–Kier alpha value is -0.0400. The summed E-state index contributed by atoms with van der Waals surface area (Å²) in [6.07, 6.45) is 8.03. The number of rotatable bonds is 5. The van der Waals surface area contributed by atoms with Crippen LogP contribution in [0.4, 0.5) is 0 Å². The molecule has 21 heavy (non-hydrogen) atoms. The van der Waals surface area contributed by atoms with E-state index in [1.165, 1.54) is 38.5 Å². The van der Waals surface area contributed by atoms with Gasteiger partial charge in [0, 0.05) is 38.2 Å². The van der Waals surface area contributed by atoms with Crippen LogP contribution in [0, 0.1) is 11.3 Å². The normalized spacial score (nSPS) is 29.0. The van der Waals surface area contributed by atoms with Crippen molar-refractivity contribution in [3.8, 4) is 0 Å². The summed E-state index contributed by atoms with van der Waals surface area (Å²) in [6.45, 7) is 8.26. The third kappa shape index (κ3) is 4.71. The lowest BCUT2D eigenvalue weighted by atomic mass is 9.87. The van der Waals surface area contributed by atoms with Gasteiger partial charge in [0.15, 0.2) is 5.96 Å². The molecule has 2 heterocycles. The fraction of sp³-hybridized carbons (Fsp3) is 0.938. The summed E-state index contributed by atoms with van der Waals surface area (Å²) in [7, 11) is 0. The van der Waals surface area contributed by atoms with Gasteiger partial charge in [-0.15, -0.1) is 24.0 Å². The molecule has 3 fully saturated rings. The Morgan fingerprint density at radius 2 is 2.24 bits per heavy atom. The first-order valence-corrected chi connectivity index (χ1v) is 8.42. The van der Waals surface area contributed by atoms with E-state index >= 15 is 0 Å². The number of likely N-dealkylation sites (tertiary alicyclic amines) is 1. The molecular formula is C16H30IN3O. The Morgan fingerprint density at radius 3 is 2.90 bits per heavy atom. The highest BCUT2D eigenvalue weighted by molar-refractivity contribution is 14.0. The van der Waals surface area contributed by atoms with Crippen molar-refractivity contribution in [1.82, 2.24) is 10.2 Å². The summed E-state index contributed by atoms with van der Waals surface area (Å²) in [5.41, 5.74) is 0.421. The van der Waals surface area contributed by atoms with Crippen LogP contribution in [0.15, 0.2) is 4.99 Å². The lowest BCUT2D eigenvalue weighted by Crippen LogP contribution is -2.41.